The Morgan fingerprint density at radius 1 is 0.679 bits per heavy atom. The maximum absolute atomic E-state index is 13.0. The Kier molecular flexibility index (Phi) is 8.59. The van der Waals surface area contributed by atoms with Gasteiger partial charge in [-0.2, -0.15) is 0 Å². The van der Waals surface area contributed by atoms with Gasteiger partial charge in [0.1, 0.15) is 17.4 Å². The molecular formula is C23H26F2N2O. The van der Waals surface area contributed by atoms with Gasteiger partial charge in [0.2, 0.25) is 0 Å². The molecule has 0 aromatic heterocycles. The average molecular weight is 384 g/mol. The van der Waals surface area contributed by atoms with Crippen LogP contribution in [0, 0.1) is 11.6 Å². The Balaban J connectivity index is 0.000000342. The van der Waals surface area contributed by atoms with Crippen LogP contribution in [0.2, 0.25) is 0 Å². The normalized spacial score (nSPS) is 12.4. The van der Waals surface area contributed by atoms with Crippen LogP contribution < -0.4 is 11.1 Å². The van der Waals surface area contributed by atoms with E-state index in [4.69, 9.17) is 0 Å². The monoisotopic (exact) mass is 384 g/mol. The van der Waals surface area contributed by atoms with Crippen molar-refractivity contribution in [1.29, 1.82) is 0 Å². The zero-order chi connectivity index (χ0) is 20.4. The molecular weight excluding hydrogens is 358 g/mol. The highest BCUT2D eigenvalue weighted by Gasteiger charge is 2.05. The van der Waals surface area contributed by atoms with E-state index < -0.39 is 0 Å². The van der Waals surface area contributed by atoms with Gasteiger partial charge >= 0.3 is 0 Å². The van der Waals surface area contributed by atoms with Crippen LogP contribution in [0.4, 0.5) is 8.78 Å². The Labute approximate surface area is 164 Å². The van der Waals surface area contributed by atoms with Gasteiger partial charge in [-0.15, -0.1) is 0 Å². The topological polar surface area (TPSA) is 58.3 Å². The highest BCUT2D eigenvalue weighted by molar-refractivity contribution is 5.75. The number of phenols is 1. The molecule has 0 amide bonds. The van der Waals surface area contributed by atoms with E-state index in [1.165, 1.54) is 57.2 Å². The van der Waals surface area contributed by atoms with Crippen molar-refractivity contribution in [2.45, 2.75) is 12.8 Å². The van der Waals surface area contributed by atoms with Gasteiger partial charge < -0.3 is 16.2 Å². The molecule has 1 saturated heterocycles. The molecule has 1 aliphatic heterocycles. The van der Waals surface area contributed by atoms with Gasteiger partial charge in [-0.1, -0.05) is 24.3 Å². The zero-order valence-electron chi connectivity index (χ0n) is 16.0. The molecule has 0 radical (unpaired) electrons. The molecule has 0 unspecified atom stereocenters. The third kappa shape index (κ3) is 6.44. The lowest BCUT2D eigenvalue weighted by Crippen LogP contribution is -2.03. The molecule has 0 saturated carbocycles. The Morgan fingerprint density at radius 3 is 1.39 bits per heavy atom. The molecule has 28 heavy (non-hydrogen) atoms. The van der Waals surface area contributed by atoms with E-state index in [9.17, 15) is 13.9 Å². The second-order valence-corrected chi connectivity index (χ2v) is 6.24. The first-order valence-electron chi connectivity index (χ1n) is 9.26. The van der Waals surface area contributed by atoms with E-state index in [0.717, 1.165) is 22.3 Å². The summed E-state index contributed by atoms with van der Waals surface area (Å²) in [4.78, 5) is 0. The number of hydrogen-bond donors (Lipinski definition) is 3. The molecule has 5 heteroatoms. The van der Waals surface area contributed by atoms with E-state index in [0.29, 0.717) is 0 Å². The summed E-state index contributed by atoms with van der Waals surface area (Å²) in [5.41, 5.74) is 7.65. The van der Waals surface area contributed by atoms with E-state index in [1.807, 2.05) is 6.07 Å². The van der Waals surface area contributed by atoms with Crippen molar-refractivity contribution in [3.05, 3.63) is 78.4 Å². The highest BCUT2D eigenvalue weighted by Crippen LogP contribution is 2.31. The SMILES string of the molecule is C1CCNC1.CN.Oc1cc(-c2ccc(F)cc2)cc(-c2ccc(F)cc2)c1. The van der Waals surface area contributed by atoms with Gasteiger partial charge in [-0.05, 0) is 97.7 Å². The number of aromatic hydroxyl groups is 1. The number of benzene rings is 3. The maximum atomic E-state index is 13.0. The molecule has 1 heterocycles. The fourth-order valence-electron chi connectivity index (χ4n) is 2.85. The second-order valence-electron chi connectivity index (χ2n) is 6.24. The number of hydrogen-bond acceptors (Lipinski definition) is 3. The Hall–Kier alpha value is -2.76. The fraction of sp³-hybridized carbons (Fsp3) is 0.217. The standard InChI is InChI=1S/C18H12F2O.C4H9N.CH5N/c19-16-5-1-12(2-6-16)14-9-15(11-18(21)10-14)13-3-7-17(20)8-4-13;1-2-4-5-3-1;1-2/h1-11,21H;5H,1-4H2;2H2,1H3. The number of rotatable bonds is 2. The first-order chi connectivity index (χ1) is 13.6. The summed E-state index contributed by atoms with van der Waals surface area (Å²) in [5.74, 6) is -0.508. The second kappa shape index (κ2) is 11.2. The van der Waals surface area contributed by atoms with Crippen LogP contribution in [-0.2, 0) is 0 Å². The molecule has 1 fully saturated rings. The van der Waals surface area contributed by atoms with E-state index in [2.05, 4.69) is 11.1 Å². The van der Waals surface area contributed by atoms with Crippen LogP contribution in [0.25, 0.3) is 22.3 Å². The average Bonchev–Trinajstić information content (AvgIpc) is 3.30. The summed E-state index contributed by atoms with van der Waals surface area (Å²) < 4.78 is 26.0. The van der Waals surface area contributed by atoms with Gasteiger partial charge in [0.05, 0.1) is 0 Å². The maximum Gasteiger partial charge on any atom is 0.123 e. The Bertz CT molecular complexity index is 774. The molecule has 4 rings (SSSR count). The van der Waals surface area contributed by atoms with Crippen LogP contribution in [-0.4, -0.2) is 25.2 Å². The van der Waals surface area contributed by atoms with Crippen molar-refractivity contribution in [2.75, 3.05) is 20.1 Å². The lowest BCUT2D eigenvalue weighted by Gasteiger charge is -2.08. The highest BCUT2D eigenvalue weighted by atomic mass is 19.1. The molecule has 0 aliphatic carbocycles. The van der Waals surface area contributed by atoms with Crippen molar-refractivity contribution in [3.8, 4) is 28.0 Å². The quantitative estimate of drug-likeness (QED) is 0.586. The molecule has 0 bridgehead atoms. The molecule has 0 atom stereocenters. The summed E-state index contributed by atoms with van der Waals surface area (Å²) in [6.07, 6.45) is 2.78. The van der Waals surface area contributed by atoms with Gasteiger partial charge in [0, 0.05) is 0 Å². The Morgan fingerprint density at radius 2 is 1.07 bits per heavy atom. The smallest absolute Gasteiger partial charge is 0.123 e. The fourth-order valence-corrected chi connectivity index (χ4v) is 2.85. The van der Waals surface area contributed by atoms with Crippen LogP contribution in [0.15, 0.2) is 66.7 Å². The first kappa shape index (κ1) is 21.5. The lowest BCUT2D eigenvalue weighted by atomic mass is 9.98. The molecule has 148 valence electrons. The van der Waals surface area contributed by atoms with Crippen LogP contribution >= 0.6 is 0 Å². The van der Waals surface area contributed by atoms with Crippen molar-refractivity contribution < 1.29 is 13.9 Å². The minimum atomic E-state index is -0.308. The minimum Gasteiger partial charge on any atom is -0.508 e. The van der Waals surface area contributed by atoms with E-state index >= 15 is 0 Å². The van der Waals surface area contributed by atoms with Crippen LogP contribution in [0.3, 0.4) is 0 Å². The molecule has 3 aromatic carbocycles. The minimum absolute atomic E-state index is 0.108. The molecule has 1 aliphatic rings. The summed E-state index contributed by atoms with van der Waals surface area (Å²) >= 11 is 0. The van der Waals surface area contributed by atoms with Crippen molar-refractivity contribution in [2.24, 2.45) is 5.73 Å². The van der Waals surface area contributed by atoms with Gasteiger partial charge in [-0.25, -0.2) is 8.78 Å². The number of nitrogens with two attached hydrogens (primary N) is 1. The third-order valence-electron chi connectivity index (χ3n) is 4.23. The van der Waals surface area contributed by atoms with Crippen molar-refractivity contribution >= 4 is 0 Å². The predicted molar refractivity (Wildman–Crippen MR) is 111 cm³/mol. The summed E-state index contributed by atoms with van der Waals surface area (Å²) in [7, 11) is 1.50. The van der Waals surface area contributed by atoms with Crippen molar-refractivity contribution in [1.82, 2.24) is 5.32 Å². The summed E-state index contributed by atoms with van der Waals surface area (Å²) in [6.45, 7) is 2.50. The molecule has 3 nitrogen and oxygen atoms in total. The third-order valence-corrected chi connectivity index (χ3v) is 4.23. The number of phenolic OH excluding ortho intramolecular Hbond substituents is 1. The van der Waals surface area contributed by atoms with Gasteiger partial charge in [0.25, 0.3) is 0 Å². The lowest BCUT2D eigenvalue weighted by molar-refractivity contribution is 0.476. The molecule has 0 spiro atoms. The van der Waals surface area contributed by atoms with Crippen LogP contribution in [0.1, 0.15) is 12.8 Å². The summed E-state index contributed by atoms with van der Waals surface area (Å²) in [5, 5.41) is 13.1. The first-order valence-corrected chi connectivity index (χ1v) is 9.26. The molecule has 3 aromatic rings. The largest absolute Gasteiger partial charge is 0.508 e. The van der Waals surface area contributed by atoms with Crippen LogP contribution in [0.5, 0.6) is 5.75 Å². The predicted octanol–water partition coefficient (Wildman–Crippen LogP) is 4.95. The number of halogens is 2. The van der Waals surface area contributed by atoms with Gasteiger partial charge in [0.15, 0.2) is 0 Å². The molecule has 4 N–H and O–H groups in total. The van der Waals surface area contributed by atoms with E-state index in [1.54, 1.807) is 36.4 Å². The van der Waals surface area contributed by atoms with E-state index in [-0.39, 0.29) is 17.4 Å². The van der Waals surface area contributed by atoms with Gasteiger partial charge in [-0.3, -0.25) is 0 Å². The summed E-state index contributed by atoms with van der Waals surface area (Å²) in [6, 6.07) is 17.2. The van der Waals surface area contributed by atoms with Crippen molar-refractivity contribution in [3.63, 3.8) is 0 Å². The zero-order valence-corrected chi connectivity index (χ0v) is 16.0. The number of nitrogens with one attached hydrogen (secondary N) is 1.